The molecule has 3 nitrogen and oxygen atoms in total. The first-order chi connectivity index (χ1) is 12.6. The fourth-order valence-corrected chi connectivity index (χ4v) is 4.10. The van der Waals surface area contributed by atoms with Crippen molar-refractivity contribution in [3.63, 3.8) is 0 Å². The highest BCUT2D eigenvalue weighted by Gasteiger charge is 2.23. The summed E-state index contributed by atoms with van der Waals surface area (Å²) < 4.78 is 26.7. The molecule has 2 aromatic rings. The molecule has 0 spiro atoms. The minimum atomic E-state index is -0.907. The van der Waals surface area contributed by atoms with Gasteiger partial charge < -0.3 is 10.6 Å². The number of carbonyl (C=O) groups is 1. The highest BCUT2D eigenvalue weighted by molar-refractivity contribution is 8.00. The van der Waals surface area contributed by atoms with Crippen molar-refractivity contribution in [3.8, 4) is 0 Å². The zero-order valence-corrected chi connectivity index (χ0v) is 16.4. The van der Waals surface area contributed by atoms with Crippen molar-refractivity contribution < 1.29 is 13.6 Å². The third-order valence-electron chi connectivity index (χ3n) is 4.45. The molecular formula is C20H23ClF2N2OS. The first kappa shape index (κ1) is 21.7. The van der Waals surface area contributed by atoms with Crippen LogP contribution in [0.1, 0.15) is 23.7 Å². The molecule has 1 heterocycles. The fourth-order valence-electron chi connectivity index (χ4n) is 3.02. The molecule has 2 atom stereocenters. The fraction of sp³-hybridized carbons (Fsp3) is 0.350. The van der Waals surface area contributed by atoms with Gasteiger partial charge in [0, 0.05) is 11.4 Å². The largest absolute Gasteiger partial charge is 0.355 e. The first-order valence-electron chi connectivity index (χ1n) is 8.78. The average molecular weight is 413 g/mol. The summed E-state index contributed by atoms with van der Waals surface area (Å²) in [7, 11) is 0. The first-order valence-corrected chi connectivity index (χ1v) is 9.66. The molecule has 0 aliphatic carbocycles. The van der Waals surface area contributed by atoms with Crippen LogP contribution in [0.4, 0.5) is 8.78 Å². The lowest BCUT2D eigenvalue weighted by Crippen LogP contribution is -2.39. The van der Waals surface area contributed by atoms with Gasteiger partial charge in [-0.1, -0.05) is 30.3 Å². The maximum absolute atomic E-state index is 13.5. The molecular weight excluding hydrogens is 390 g/mol. The predicted octanol–water partition coefficient (Wildman–Crippen LogP) is 4.34. The number of benzene rings is 2. The molecule has 0 radical (unpaired) electrons. The van der Waals surface area contributed by atoms with E-state index < -0.39 is 16.9 Å². The molecule has 1 fully saturated rings. The Balaban J connectivity index is 0.00000261. The number of nitrogens with one attached hydrogen (secondary N) is 2. The van der Waals surface area contributed by atoms with Gasteiger partial charge in [0.05, 0.1) is 0 Å². The van der Waals surface area contributed by atoms with E-state index in [1.54, 1.807) is 0 Å². The zero-order valence-electron chi connectivity index (χ0n) is 14.8. The Kier molecular flexibility index (Phi) is 8.54. The van der Waals surface area contributed by atoms with Crippen molar-refractivity contribution in [3.05, 3.63) is 65.7 Å². The summed E-state index contributed by atoms with van der Waals surface area (Å²) in [5.41, 5.74) is 0.835. The third-order valence-corrected chi connectivity index (χ3v) is 5.70. The van der Waals surface area contributed by atoms with E-state index in [0.717, 1.165) is 43.6 Å². The molecule has 1 aliphatic rings. The van der Waals surface area contributed by atoms with Crippen molar-refractivity contribution in [2.75, 3.05) is 19.6 Å². The van der Waals surface area contributed by atoms with Crippen molar-refractivity contribution in [1.82, 2.24) is 10.6 Å². The molecule has 1 aliphatic heterocycles. The monoisotopic (exact) mass is 412 g/mol. The van der Waals surface area contributed by atoms with E-state index >= 15 is 0 Å². The summed E-state index contributed by atoms with van der Waals surface area (Å²) >= 11 is 1.23. The van der Waals surface area contributed by atoms with Gasteiger partial charge in [0.2, 0.25) is 5.91 Å². The molecule has 27 heavy (non-hydrogen) atoms. The van der Waals surface area contributed by atoms with E-state index in [0.29, 0.717) is 17.4 Å². The van der Waals surface area contributed by atoms with Crippen LogP contribution in [-0.2, 0) is 4.79 Å². The van der Waals surface area contributed by atoms with Gasteiger partial charge in [0.1, 0.15) is 5.25 Å². The lowest BCUT2D eigenvalue weighted by atomic mass is 9.99. The molecule has 2 aromatic carbocycles. The van der Waals surface area contributed by atoms with Crippen molar-refractivity contribution in [2.24, 2.45) is 5.92 Å². The summed E-state index contributed by atoms with van der Waals surface area (Å²) in [5.74, 6) is -1.48. The Hall–Kier alpha value is -1.63. The maximum Gasteiger partial charge on any atom is 0.238 e. The molecule has 1 saturated heterocycles. The van der Waals surface area contributed by atoms with E-state index in [4.69, 9.17) is 0 Å². The Morgan fingerprint density at radius 1 is 1.19 bits per heavy atom. The predicted molar refractivity (Wildman–Crippen MR) is 107 cm³/mol. The summed E-state index contributed by atoms with van der Waals surface area (Å²) in [6.45, 7) is 2.56. The molecule has 2 unspecified atom stereocenters. The van der Waals surface area contributed by atoms with Crippen LogP contribution < -0.4 is 10.6 Å². The van der Waals surface area contributed by atoms with Crippen LogP contribution in [-0.4, -0.2) is 25.5 Å². The van der Waals surface area contributed by atoms with Crippen LogP contribution in [0.3, 0.4) is 0 Å². The van der Waals surface area contributed by atoms with Crippen molar-refractivity contribution in [2.45, 2.75) is 23.0 Å². The number of piperidine rings is 1. The lowest BCUT2D eigenvalue weighted by Gasteiger charge is -2.24. The van der Waals surface area contributed by atoms with Gasteiger partial charge in [-0.05, 0) is 55.6 Å². The minimum Gasteiger partial charge on any atom is -0.355 e. The molecule has 0 bridgehead atoms. The number of hydrogen-bond donors (Lipinski definition) is 2. The highest BCUT2D eigenvalue weighted by atomic mass is 35.5. The van der Waals surface area contributed by atoms with Gasteiger partial charge in [-0.25, -0.2) is 8.78 Å². The van der Waals surface area contributed by atoms with Gasteiger partial charge in [0.15, 0.2) is 11.6 Å². The second-order valence-electron chi connectivity index (χ2n) is 6.44. The minimum absolute atomic E-state index is 0. The van der Waals surface area contributed by atoms with Crippen LogP contribution in [0.5, 0.6) is 0 Å². The van der Waals surface area contributed by atoms with Crippen molar-refractivity contribution >= 4 is 30.1 Å². The van der Waals surface area contributed by atoms with Gasteiger partial charge in [0.25, 0.3) is 0 Å². The number of rotatable bonds is 6. The standard InChI is InChI=1S/C20H22F2N2OS.ClH/c21-17-9-8-16(11-18(17)22)26-19(15-6-2-1-3-7-15)20(25)24-13-14-5-4-10-23-12-14;/h1-3,6-9,11,14,19,23H,4-5,10,12-13H2,(H,24,25);1H. The Labute approximate surface area is 168 Å². The number of thioether (sulfide) groups is 1. The number of amides is 1. The van der Waals surface area contributed by atoms with E-state index in [2.05, 4.69) is 10.6 Å². The van der Waals surface area contributed by atoms with Crippen LogP contribution in [0.2, 0.25) is 0 Å². The Bertz CT molecular complexity index is 742. The summed E-state index contributed by atoms with van der Waals surface area (Å²) in [5, 5.41) is 5.85. The molecule has 0 aromatic heterocycles. The van der Waals surface area contributed by atoms with E-state index in [1.165, 1.54) is 17.8 Å². The second-order valence-corrected chi connectivity index (χ2v) is 7.62. The molecule has 1 amide bonds. The average Bonchev–Trinajstić information content (AvgIpc) is 2.68. The Morgan fingerprint density at radius 2 is 1.96 bits per heavy atom. The molecule has 0 saturated carbocycles. The SMILES string of the molecule is Cl.O=C(NCC1CCCNC1)C(Sc1ccc(F)c(F)c1)c1ccccc1. The van der Waals surface area contributed by atoms with Gasteiger partial charge >= 0.3 is 0 Å². The van der Waals surface area contributed by atoms with Gasteiger partial charge in [-0.15, -0.1) is 24.2 Å². The topological polar surface area (TPSA) is 41.1 Å². The van der Waals surface area contributed by atoms with E-state index in [1.807, 2.05) is 30.3 Å². The van der Waals surface area contributed by atoms with E-state index in [9.17, 15) is 13.6 Å². The van der Waals surface area contributed by atoms with Crippen LogP contribution in [0, 0.1) is 17.6 Å². The number of hydrogen-bond acceptors (Lipinski definition) is 3. The summed E-state index contributed by atoms with van der Waals surface area (Å²) in [4.78, 5) is 13.3. The van der Waals surface area contributed by atoms with Gasteiger partial charge in [-0.2, -0.15) is 0 Å². The van der Waals surface area contributed by atoms with Crippen LogP contribution >= 0.6 is 24.2 Å². The zero-order chi connectivity index (χ0) is 18.4. The molecule has 146 valence electrons. The Morgan fingerprint density at radius 3 is 2.63 bits per heavy atom. The molecule has 3 rings (SSSR count). The summed E-state index contributed by atoms with van der Waals surface area (Å²) in [6.07, 6.45) is 2.21. The highest BCUT2D eigenvalue weighted by Crippen LogP contribution is 2.36. The third kappa shape index (κ3) is 6.19. The van der Waals surface area contributed by atoms with E-state index in [-0.39, 0.29) is 18.3 Å². The molecule has 7 heteroatoms. The van der Waals surface area contributed by atoms with Crippen LogP contribution in [0.15, 0.2) is 53.4 Å². The van der Waals surface area contributed by atoms with Crippen LogP contribution in [0.25, 0.3) is 0 Å². The number of carbonyl (C=O) groups excluding carboxylic acids is 1. The lowest BCUT2D eigenvalue weighted by molar-refractivity contribution is -0.120. The summed E-state index contributed by atoms with van der Waals surface area (Å²) in [6, 6.07) is 13.1. The molecule has 2 N–H and O–H groups in total. The quantitative estimate of drug-likeness (QED) is 0.693. The van der Waals surface area contributed by atoms with Gasteiger partial charge in [-0.3, -0.25) is 4.79 Å². The smallest absolute Gasteiger partial charge is 0.238 e. The van der Waals surface area contributed by atoms with Crippen molar-refractivity contribution in [1.29, 1.82) is 0 Å². The maximum atomic E-state index is 13.5. The second kappa shape index (κ2) is 10.6. The number of halogens is 3. The normalized spacial score (nSPS) is 17.6.